The highest BCUT2D eigenvalue weighted by Crippen LogP contribution is 2.27. The molecule has 0 aliphatic rings. The molecule has 1 atom stereocenters. The highest BCUT2D eigenvalue weighted by Gasteiger charge is 2.19. The van der Waals surface area contributed by atoms with Crippen LogP contribution in [-0.2, 0) is 0 Å². The van der Waals surface area contributed by atoms with Crippen LogP contribution in [0.15, 0.2) is 41.1 Å². The number of hydrogen-bond acceptors (Lipinski definition) is 5. The molecule has 0 saturated heterocycles. The van der Waals surface area contributed by atoms with Gasteiger partial charge in [-0.15, -0.1) is 5.10 Å². The molecule has 6 nitrogen and oxygen atoms in total. The second kappa shape index (κ2) is 5.42. The third-order valence-corrected chi connectivity index (χ3v) is 3.31. The van der Waals surface area contributed by atoms with E-state index in [1.165, 1.54) is 0 Å². The number of tetrazole rings is 1. The molecule has 0 saturated carbocycles. The molecule has 1 aromatic carbocycles. The first-order valence-electron chi connectivity index (χ1n) is 6.60. The third-order valence-electron chi connectivity index (χ3n) is 3.31. The lowest BCUT2D eigenvalue weighted by Gasteiger charge is -2.16. The van der Waals surface area contributed by atoms with Crippen molar-refractivity contribution in [2.24, 2.45) is 0 Å². The molecule has 3 aromatic rings. The van der Waals surface area contributed by atoms with Gasteiger partial charge in [-0.25, -0.2) is 4.68 Å². The van der Waals surface area contributed by atoms with Gasteiger partial charge < -0.3 is 9.32 Å². The molecule has 2 aromatic heterocycles. The van der Waals surface area contributed by atoms with E-state index in [4.69, 9.17) is 4.42 Å². The Morgan fingerprint density at radius 1 is 1.30 bits per heavy atom. The van der Waals surface area contributed by atoms with Crippen molar-refractivity contribution in [3.05, 3.63) is 42.4 Å². The van der Waals surface area contributed by atoms with Crippen LogP contribution in [0.1, 0.15) is 18.2 Å². The van der Waals surface area contributed by atoms with Crippen molar-refractivity contribution in [1.82, 2.24) is 25.1 Å². The Bertz CT molecular complexity index is 641. The van der Waals surface area contributed by atoms with Crippen molar-refractivity contribution in [2.75, 3.05) is 20.6 Å². The Morgan fingerprint density at radius 3 is 2.85 bits per heavy atom. The van der Waals surface area contributed by atoms with Crippen LogP contribution in [0.4, 0.5) is 0 Å². The normalized spacial score (nSPS) is 13.2. The maximum atomic E-state index is 5.95. The van der Waals surface area contributed by atoms with Crippen LogP contribution >= 0.6 is 0 Å². The van der Waals surface area contributed by atoms with Gasteiger partial charge in [-0.2, -0.15) is 0 Å². The molecule has 6 heteroatoms. The number of nitrogens with zero attached hydrogens (tertiary/aromatic N) is 5. The molecule has 20 heavy (non-hydrogen) atoms. The summed E-state index contributed by atoms with van der Waals surface area (Å²) < 4.78 is 7.70. The lowest BCUT2D eigenvalue weighted by atomic mass is 10.1. The summed E-state index contributed by atoms with van der Waals surface area (Å²) in [5.74, 6) is 0.889. The van der Waals surface area contributed by atoms with Crippen molar-refractivity contribution >= 4 is 11.0 Å². The van der Waals surface area contributed by atoms with E-state index in [-0.39, 0.29) is 6.04 Å². The Hall–Kier alpha value is -2.21. The van der Waals surface area contributed by atoms with E-state index < -0.39 is 0 Å². The van der Waals surface area contributed by atoms with Crippen molar-refractivity contribution < 1.29 is 4.42 Å². The summed E-state index contributed by atoms with van der Waals surface area (Å²) in [6, 6.07) is 10.1. The lowest BCUT2D eigenvalue weighted by Crippen LogP contribution is -2.20. The van der Waals surface area contributed by atoms with E-state index in [2.05, 4.69) is 40.6 Å². The maximum Gasteiger partial charge on any atom is 0.138 e. The SMILES string of the molecule is CN(C)CCC(c1cc2ccccc2o1)n1cnnn1. The molecule has 0 radical (unpaired) electrons. The van der Waals surface area contributed by atoms with Gasteiger partial charge in [0.05, 0.1) is 0 Å². The van der Waals surface area contributed by atoms with Gasteiger partial charge >= 0.3 is 0 Å². The van der Waals surface area contributed by atoms with E-state index in [0.29, 0.717) is 0 Å². The fraction of sp³-hybridized carbons (Fsp3) is 0.357. The number of hydrogen-bond donors (Lipinski definition) is 0. The molecule has 0 aliphatic carbocycles. The molecule has 3 rings (SSSR count). The Morgan fingerprint density at radius 2 is 2.15 bits per heavy atom. The van der Waals surface area contributed by atoms with Gasteiger partial charge in [0, 0.05) is 11.9 Å². The Balaban J connectivity index is 1.95. The number of aromatic nitrogens is 4. The highest BCUT2D eigenvalue weighted by molar-refractivity contribution is 5.77. The summed E-state index contributed by atoms with van der Waals surface area (Å²) in [6.07, 6.45) is 2.52. The molecule has 0 bridgehead atoms. The average molecular weight is 271 g/mol. The minimum Gasteiger partial charge on any atom is -0.459 e. The molecule has 104 valence electrons. The van der Waals surface area contributed by atoms with Gasteiger partial charge in [0.15, 0.2) is 0 Å². The van der Waals surface area contributed by atoms with Gasteiger partial charge in [0.2, 0.25) is 0 Å². The molecule has 0 aliphatic heterocycles. The summed E-state index contributed by atoms with van der Waals surface area (Å²) in [5, 5.41) is 12.6. The van der Waals surface area contributed by atoms with E-state index >= 15 is 0 Å². The smallest absolute Gasteiger partial charge is 0.138 e. The first-order valence-corrected chi connectivity index (χ1v) is 6.60. The lowest BCUT2D eigenvalue weighted by molar-refractivity contribution is 0.329. The van der Waals surface area contributed by atoms with Crippen LogP contribution in [0.25, 0.3) is 11.0 Å². The number of rotatable bonds is 5. The predicted molar refractivity (Wildman–Crippen MR) is 75.3 cm³/mol. The Labute approximate surface area is 117 Å². The molecule has 0 spiro atoms. The monoisotopic (exact) mass is 271 g/mol. The van der Waals surface area contributed by atoms with Crippen LogP contribution in [0.3, 0.4) is 0 Å². The first kappa shape index (κ1) is 12.8. The molecular weight excluding hydrogens is 254 g/mol. The summed E-state index contributed by atoms with van der Waals surface area (Å²) >= 11 is 0. The van der Waals surface area contributed by atoms with Crippen molar-refractivity contribution in [3.8, 4) is 0 Å². The zero-order chi connectivity index (χ0) is 13.9. The van der Waals surface area contributed by atoms with Crippen LogP contribution in [0.5, 0.6) is 0 Å². The van der Waals surface area contributed by atoms with Gasteiger partial charge in [0.1, 0.15) is 23.7 Å². The van der Waals surface area contributed by atoms with Crippen molar-refractivity contribution in [2.45, 2.75) is 12.5 Å². The van der Waals surface area contributed by atoms with Crippen LogP contribution in [0, 0.1) is 0 Å². The molecule has 0 fully saturated rings. The fourth-order valence-corrected chi connectivity index (χ4v) is 2.26. The zero-order valence-corrected chi connectivity index (χ0v) is 11.6. The van der Waals surface area contributed by atoms with E-state index in [1.54, 1.807) is 11.0 Å². The van der Waals surface area contributed by atoms with E-state index in [1.807, 2.05) is 24.3 Å². The minimum absolute atomic E-state index is 0.0137. The second-order valence-electron chi connectivity index (χ2n) is 5.08. The predicted octanol–water partition coefficient (Wildman–Crippen LogP) is 1.96. The van der Waals surface area contributed by atoms with Crippen LogP contribution in [-0.4, -0.2) is 45.7 Å². The number of benzene rings is 1. The summed E-state index contributed by atoms with van der Waals surface area (Å²) in [5.41, 5.74) is 0.894. The van der Waals surface area contributed by atoms with Crippen molar-refractivity contribution in [3.63, 3.8) is 0 Å². The van der Waals surface area contributed by atoms with Gasteiger partial charge in [-0.1, -0.05) is 18.2 Å². The van der Waals surface area contributed by atoms with Crippen LogP contribution < -0.4 is 0 Å². The zero-order valence-electron chi connectivity index (χ0n) is 11.6. The molecular formula is C14H17N5O. The standard InChI is InChI=1S/C14H17N5O/c1-18(2)8-7-12(19-10-15-16-17-19)14-9-11-5-3-4-6-13(11)20-14/h3-6,9-10,12H,7-8H2,1-2H3. The Kier molecular flexibility index (Phi) is 3.47. The highest BCUT2D eigenvalue weighted by atomic mass is 16.3. The second-order valence-corrected chi connectivity index (χ2v) is 5.08. The number of furan rings is 1. The number of para-hydroxylation sites is 1. The summed E-state index contributed by atoms with van der Waals surface area (Å²) in [6.45, 7) is 0.932. The van der Waals surface area contributed by atoms with E-state index in [9.17, 15) is 0 Å². The van der Waals surface area contributed by atoms with Crippen LogP contribution in [0.2, 0.25) is 0 Å². The van der Waals surface area contributed by atoms with E-state index in [0.717, 1.165) is 29.7 Å². The summed E-state index contributed by atoms with van der Waals surface area (Å²) in [4.78, 5) is 2.14. The first-order chi connectivity index (χ1) is 9.74. The topological polar surface area (TPSA) is 60.0 Å². The minimum atomic E-state index is 0.0137. The molecule has 0 N–H and O–H groups in total. The maximum absolute atomic E-state index is 5.95. The average Bonchev–Trinajstić information content (AvgIpc) is 3.07. The number of fused-ring (bicyclic) bond motifs is 1. The fourth-order valence-electron chi connectivity index (χ4n) is 2.26. The van der Waals surface area contributed by atoms with Gasteiger partial charge in [0.25, 0.3) is 0 Å². The molecule has 0 amide bonds. The molecule has 2 heterocycles. The van der Waals surface area contributed by atoms with Crippen molar-refractivity contribution in [1.29, 1.82) is 0 Å². The summed E-state index contributed by atoms with van der Waals surface area (Å²) in [7, 11) is 4.10. The van der Waals surface area contributed by atoms with Gasteiger partial charge in [-0.3, -0.25) is 0 Å². The molecule has 1 unspecified atom stereocenters. The quantitative estimate of drug-likeness (QED) is 0.710. The van der Waals surface area contributed by atoms with Gasteiger partial charge in [-0.05, 0) is 43.1 Å². The third kappa shape index (κ3) is 2.55. The largest absolute Gasteiger partial charge is 0.459 e.